The fourth-order valence-electron chi connectivity index (χ4n) is 3.73. The predicted molar refractivity (Wildman–Crippen MR) is 103 cm³/mol. The molecule has 0 bridgehead atoms. The number of carbonyl (C=O) groups excluding carboxylic acids is 1. The first-order valence-electron chi connectivity index (χ1n) is 9.78. The van der Waals surface area contributed by atoms with Gasteiger partial charge in [0.15, 0.2) is 0 Å². The number of rotatable bonds is 7. The molecule has 2 aliphatic rings. The van der Waals surface area contributed by atoms with Gasteiger partial charge in [-0.25, -0.2) is 0 Å². The van der Waals surface area contributed by atoms with Gasteiger partial charge in [0.2, 0.25) is 0 Å². The molecule has 1 aromatic carbocycles. The number of hydrogen-bond donors (Lipinski definition) is 1. The maximum Gasteiger partial charge on any atom is 0.254 e. The Kier molecular flexibility index (Phi) is 7.29. The van der Waals surface area contributed by atoms with E-state index in [1.165, 1.54) is 32.1 Å². The summed E-state index contributed by atoms with van der Waals surface area (Å²) in [7, 11) is 0. The van der Waals surface area contributed by atoms with Crippen LogP contribution in [0.2, 0.25) is 0 Å². The molecule has 1 aromatic rings. The molecule has 2 fully saturated rings. The highest BCUT2D eigenvalue weighted by Gasteiger charge is 2.22. The number of hydrogen-bond acceptors (Lipinski definition) is 5. The zero-order valence-corrected chi connectivity index (χ0v) is 15.6. The van der Waals surface area contributed by atoms with E-state index < -0.39 is 0 Å². The summed E-state index contributed by atoms with van der Waals surface area (Å²) < 4.78 is 11.2. The van der Waals surface area contributed by atoms with E-state index in [0.29, 0.717) is 31.3 Å². The Morgan fingerprint density at radius 1 is 1.15 bits per heavy atom. The second-order valence-corrected chi connectivity index (χ2v) is 7.25. The molecule has 0 atom stereocenters. The van der Waals surface area contributed by atoms with Crippen molar-refractivity contribution >= 4 is 5.91 Å². The van der Waals surface area contributed by atoms with Crippen LogP contribution in [0.4, 0.5) is 0 Å². The van der Waals surface area contributed by atoms with Crippen LogP contribution in [0.25, 0.3) is 0 Å². The number of ether oxygens (including phenoxy) is 2. The first-order valence-corrected chi connectivity index (χ1v) is 9.78. The van der Waals surface area contributed by atoms with Gasteiger partial charge in [-0.3, -0.25) is 9.69 Å². The minimum absolute atomic E-state index is 0. The zero-order chi connectivity index (χ0) is 18.2. The average Bonchev–Trinajstić information content (AvgIpc) is 2.71. The third kappa shape index (κ3) is 5.43. The lowest BCUT2D eigenvalue weighted by atomic mass is 9.90. The van der Waals surface area contributed by atoms with Gasteiger partial charge in [-0.1, -0.05) is 25.3 Å². The molecule has 0 aromatic heterocycles. The molecule has 6 nitrogen and oxygen atoms in total. The first kappa shape index (κ1) is 19.1. The molecule has 26 heavy (non-hydrogen) atoms. The molecule has 0 spiro atoms. The molecule has 1 aliphatic carbocycles. The van der Waals surface area contributed by atoms with Gasteiger partial charge in [0.1, 0.15) is 12.5 Å². The maximum atomic E-state index is 12.8. The van der Waals surface area contributed by atoms with Gasteiger partial charge >= 0.3 is 0 Å². The van der Waals surface area contributed by atoms with Crippen molar-refractivity contribution in [3.8, 4) is 5.75 Å². The lowest BCUT2D eigenvalue weighted by Crippen LogP contribution is -2.49. The number of carbonyl (C=O) groups is 1. The first-order chi connectivity index (χ1) is 12.8. The van der Waals surface area contributed by atoms with E-state index in [0.717, 1.165) is 25.4 Å². The molecule has 6 heteroatoms. The van der Waals surface area contributed by atoms with Crippen LogP contribution in [-0.2, 0) is 4.74 Å². The highest BCUT2D eigenvalue weighted by molar-refractivity contribution is 5.94. The molecule has 0 unspecified atom stereocenters. The van der Waals surface area contributed by atoms with Gasteiger partial charge in [-0.05, 0) is 37.0 Å². The van der Waals surface area contributed by atoms with Gasteiger partial charge in [0.25, 0.3) is 5.91 Å². The van der Waals surface area contributed by atoms with E-state index >= 15 is 0 Å². The summed E-state index contributed by atoms with van der Waals surface area (Å²) in [6, 6.07) is 7.62. The fraction of sp³-hybridized carbons (Fsp3) is 0.650. The Morgan fingerprint density at radius 2 is 1.92 bits per heavy atom. The van der Waals surface area contributed by atoms with Crippen LogP contribution in [0.3, 0.4) is 0 Å². The minimum Gasteiger partial charge on any atom is -0.493 e. The van der Waals surface area contributed by atoms with Gasteiger partial charge in [0.05, 0.1) is 13.3 Å². The summed E-state index contributed by atoms with van der Waals surface area (Å²) in [5.41, 5.74) is 6.06. The van der Waals surface area contributed by atoms with Crippen LogP contribution in [0, 0.1) is 5.92 Å². The van der Waals surface area contributed by atoms with Gasteiger partial charge in [-0.2, -0.15) is 0 Å². The van der Waals surface area contributed by atoms with E-state index in [1.807, 2.05) is 29.2 Å². The SMILES string of the molecule is NCOCN1CCN(C(=O)c2cccc(OCC3CCCCC3)c2)CC1.[HH]. The molecule has 2 N–H and O–H groups in total. The average molecular weight is 364 g/mol. The van der Waals surface area contributed by atoms with E-state index in [9.17, 15) is 4.79 Å². The van der Waals surface area contributed by atoms with Crippen molar-refractivity contribution in [2.75, 3.05) is 46.2 Å². The normalized spacial score (nSPS) is 19.5. The summed E-state index contributed by atoms with van der Waals surface area (Å²) >= 11 is 0. The smallest absolute Gasteiger partial charge is 0.254 e. The van der Waals surface area contributed by atoms with Gasteiger partial charge in [-0.15, -0.1) is 0 Å². The lowest BCUT2D eigenvalue weighted by Gasteiger charge is -2.34. The maximum absolute atomic E-state index is 12.8. The van der Waals surface area contributed by atoms with Crippen molar-refractivity contribution in [2.45, 2.75) is 32.1 Å². The molecule has 1 saturated heterocycles. The third-order valence-electron chi connectivity index (χ3n) is 5.34. The number of nitrogens with two attached hydrogens (primary N) is 1. The largest absolute Gasteiger partial charge is 0.493 e. The second-order valence-electron chi connectivity index (χ2n) is 7.25. The highest BCUT2D eigenvalue weighted by Crippen LogP contribution is 2.25. The third-order valence-corrected chi connectivity index (χ3v) is 5.34. The fourth-order valence-corrected chi connectivity index (χ4v) is 3.73. The second kappa shape index (κ2) is 9.90. The molecule has 146 valence electrons. The van der Waals surface area contributed by atoms with E-state index in [-0.39, 0.29) is 14.1 Å². The van der Waals surface area contributed by atoms with Crippen LogP contribution in [0.1, 0.15) is 43.9 Å². The molecule has 3 rings (SSSR count). The van der Waals surface area contributed by atoms with E-state index in [4.69, 9.17) is 15.2 Å². The Hall–Kier alpha value is -1.63. The van der Waals surface area contributed by atoms with Gasteiger partial charge < -0.3 is 20.1 Å². The number of piperazine rings is 1. The Labute approximate surface area is 157 Å². The zero-order valence-electron chi connectivity index (χ0n) is 15.6. The predicted octanol–water partition coefficient (Wildman–Crippen LogP) is 2.54. The topological polar surface area (TPSA) is 68.0 Å². The molecular weight excluding hydrogens is 330 g/mol. The molecular formula is C20H33N3O3. The molecule has 0 radical (unpaired) electrons. The molecule has 1 heterocycles. The summed E-state index contributed by atoms with van der Waals surface area (Å²) in [5, 5.41) is 0. The Balaban J connectivity index is 0.00000261. The van der Waals surface area contributed by atoms with Gasteiger partial charge in [0, 0.05) is 33.2 Å². The van der Waals surface area contributed by atoms with Crippen molar-refractivity contribution in [1.82, 2.24) is 9.80 Å². The summed E-state index contributed by atoms with van der Waals surface area (Å²) in [5.74, 6) is 1.54. The van der Waals surface area contributed by atoms with Crippen LogP contribution in [-0.4, -0.2) is 62.0 Å². The molecule has 1 aliphatic heterocycles. The molecule has 1 saturated carbocycles. The Morgan fingerprint density at radius 3 is 2.65 bits per heavy atom. The minimum atomic E-state index is 0. The number of nitrogens with zero attached hydrogens (tertiary/aromatic N) is 2. The van der Waals surface area contributed by atoms with Crippen LogP contribution >= 0.6 is 0 Å². The van der Waals surface area contributed by atoms with Crippen molar-refractivity contribution in [3.05, 3.63) is 29.8 Å². The van der Waals surface area contributed by atoms with Crippen molar-refractivity contribution in [1.29, 1.82) is 0 Å². The number of amides is 1. The van der Waals surface area contributed by atoms with E-state index in [1.54, 1.807) is 0 Å². The summed E-state index contributed by atoms with van der Waals surface area (Å²) in [6.45, 7) is 4.56. The van der Waals surface area contributed by atoms with Crippen molar-refractivity contribution in [2.24, 2.45) is 11.7 Å². The number of benzene rings is 1. The Bertz CT molecular complexity index is 573. The summed E-state index contributed by atoms with van der Waals surface area (Å²) in [4.78, 5) is 16.8. The quantitative estimate of drug-likeness (QED) is 0.754. The van der Waals surface area contributed by atoms with Crippen molar-refractivity contribution in [3.63, 3.8) is 0 Å². The highest BCUT2D eigenvalue weighted by atomic mass is 16.5. The van der Waals surface area contributed by atoms with E-state index in [2.05, 4.69) is 4.90 Å². The molecule has 1 amide bonds. The summed E-state index contributed by atoms with van der Waals surface area (Å²) in [6.07, 6.45) is 6.50. The van der Waals surface area contributed by atoms with Crippen LogP contribution < -0.4 is 10.5 Å². The van der Waals surface area contributed by atoms with Crippen LogP contribution in [0.15, 0.2) is 24.3 Å². The van der Waals surface area contributed by atoms with Crippen LogP contribution in [0.5, 0.6) is 5.75 Å². The lowest BCUT2D eigenvalue weighted by molar-refractivity contribution is 0.00567. The van der Waals surface area contributed by atoms with Crippen molar-refractivity contribution < 1.29 is 15.7 Å². The monoisotopic (exact) mass is 363 g/mol. The standard InChI is InChI=1S/C20H31N3O3.H2/c21-15-25-16-22-9-11-23(12-10-22)20(24)18-7-4-8-19(13-18)26-14-17-5-2-1-3-6-17;/h4,7-8,13,17H,1-3,5-6,9-12,14-16,21H2;1H.